The molecule has 0 saturated carbocycles. The summed E-state index contributed by atoms with van der Waals surface area (Å²) in [6, 6.07) is 4.14. The molecule has 1 N–H and O–H groups in total. The minimum absolute atomic E-state index is 0.0112. The zero-order valence-corrected chi connectivity index (χ0v) is 11.1. The predicted molar refractivity (Wildman–Crippen MR) is 63.7 cm³/mol. The maximum atomic E-state index is 12.0. The second-order valence-corrected chi connectivity index (χ2v) is 4.35. The third-order valence-corrected chi connectivity index (χ3v) is 2.33. The van der Waals surface area contributed by atoms with E-state index in [2.05, 4.69) is 26.0 Å². The number of benzene rings is 1. The highest BCUT2D eigenvalue weighted by Gasteiger charge is 2.28. The van der Waals surface area contributed by atoms with Crippen LogP contribution >= 0.6 is 15.9 Å². The smallest absolute Gasteiger partial charge is 0.422 e. The van der Waals surface area contributed by atoms with Crippen LogP contribution in [0.5, 0.6) is 5.75 Å². The maximum absolute atomic E-state index is 12.0. The van der Waals surface area contributed by atoms with Gasteiger partial charge in [-0.1, -0.05) is 15.9 Å². The molecule has 1 amide bonds. The summed E-state index contributed by atoms with van der Waals surface area (Å²) in [7, 11) is 0. The van der Waals surface area contributed by atoms with Crippen molar-refractivity contribution in [1.29, 1.82) is 0 Å². The van der Waals surface area contributed by atoms with Crippen LogP contribution in [0.1, 0.15) is 17.3 Å². The summed E-state index contributed by atoms with van der Waals surface area (Å²) < 4.78 is 41.1. The lowest BCUT2D eigenvalue weighted by atomic mass is 10.2. The number of hydrogen-bond acceptors (Lipinski definition) is 2. The monoisotopic (exact) mass is 325 g/mol. The lowest BCUT2D eigenvalue weighted by Gasteiger charge is -2.11. The van der Waals surface area contributed by atoms with Gasteiger partial charge in [-0.2, -0.15) is 13.2 Å². The highest BCUT2D eigenvalue weighted by molar-refractivity contribution is 9.10. The average Bonchev–Trinajstić information content (AvgIpc) is 2.25. The first kappa shape index (κ1) is 14.8. The molecule has 0 unspecified atom stereocenters. The Labute approximate surface area is 110 Å². The molecule has 1 rings (SSSR count). The second-order valence-electron chi connectivity index (χ2n) is 3.44. The molecular formula is C11H11BrF3NO2. The largest absolute Gasteiger partial charge is 0.484 e. The topological polar surface area (TPSA) is 38.3 Å². The summed E-state index contributed by atoms with van der Waals surface area (Å²) in [6.07, 6.45) is -4.41. The van der Waals surface area contributed by atoms with Gasteiger partial charge in [0, 0.05) is 16.6 Å². The quantitative estimate of drug-likeness (QED) is 0.923. The van der Waals surface area contributed by atoms with Crippen LogP contribution < -0.4 is 10.1 Å². The van der Waals surface area contributed by atoms with Gasteiger partial charge in [-0.3, -0.25) is 4.79 Å². The predicted octanol–water partition coefficient (Wildman–Crippen LogP) is 3.14. The maximum Gasteiger partial charge on any atom is 0.422 e. The Morgan fingerprint density at radius 1 is 1.39 bits per heavy atom. The Hall–Kier alpha value is -1.24. The van der Waals surface area contributed by atoms with Crippen LogP contribution in [0.2, 0.25) is 0 Å². The van der Waals surface area contributed by atoms with Gasteiger partial charge in [0.05, 0.1) is 0 Å². The summed E-state index contributed by atoms with van der Waals surface area (Å²) in [6.45, 7) is 0.791. The molecule has 18 heavy (non-hydrogen) atoms. The van der Waals surface area contributed by atoms with E-state index in [1.165, 1.54) is 18.2 Å². The number of hydrogen-bond donors (Lipinski definition) is 1. The van der Waals surface area contributed by atoms with Crippen molar-refractivity contribution < 1.29 is 22.7 Å². The molecule has 0 fully saturated rings. The van der Waals surface area contributed by atoms with Crippen LogP contribution in [0.25, 0.3) is 0 Å². The summed E-state index contributed by atoms with van der Waals surface area (Å²) in [5.74, 6) is -0.376. The highest BCUT2D eigenvalue weighted by Crippen LogP contribution is 2.24. The van der Waals surface area contributed by atoms with E-state index in [4.69, 9.17) is 0 Å². The molecule has 0 spiro atoms. The van der Waals surface area contributed by atoms with E-state index < -0.39 is 12.8 Å². The number of ether oxygens (including phenoxy) is 1. The van der Waals surface area contributed by atoms with Crippen molar-refractivity contribution in [2.75, 3.05) is 13.2 Å². The van der Waals surface area contributed by atoms with E-state index in [1.54, 1.807) is 6.92 Å². The summed E-state index contributed by atoms with van der Waals surface area (Å²) >= 11 is 3.11. The molecule has 0 radical (unpaired) electrons. The van der Waals surface area contributed by atoms with Gasteiger partial charge in [-0.15, -0.1) is 0 Å². The van der Waals surface area contributed by atoms with E-state index in [0.717, 1.165) is 0 Å². The van der Waals surface area contributed by atoms with Crippen LogP contribution in [0.3, 0.4) is 0 Å². The van der Waals surface area contributed by atoms with E-state index >= 15 is 0 Å². The minimum atomic E-state index is -4.41. The minimum Gasteiger partial charge on any atom is -0.484 e. The Morgan fingerprint density at radius 2 is 2.06 bits per heavy atom. The van der Waals surface area contributed by atoms with Crippen molar-refractivity contribution >= 4 is 21.8 Å². The van der Waals surface area contributed by atoms with Gasteiger partial charge in [0.15, 0.2) is 6.61 Å². The fraction of sp³-hybridized carbons (Fsp3) is 0.364. The van der Waals surface area contributed by atoms with Gasteiger partial charge >= 0.3 is 6.18 Å². The zero-order valence-electron chi connectivity index (χ0n) is 9.47. The molecule has 0 atom stereocenters. The Kier molecular flexibility index (Phi) is 5.01. The number of rotatable bonds is 4. The number of carbonyl (C=O) groups excluding carboxylic acids is 1. The van der Waals surface area contributed by atoms with Crippen LogP contribution in [0, 0.1) is 0 Å². The van der Waals surface area contributed by atoms with Gasteiger partial charge in [0.1, 0.15) is 5.75 Å². The Morgan fingerprint density at radius 3 is 2.61 bits per heavy atom. The van der Waals surface area contributed by atoms with E-state index in [9.17, 15) is 18.0 Å². The number of carbonyl (C=O) groups is 1. The fourth-order valence-corrected chi connectivity index (χ4v) is 1.68. The SMILES string of the molecule is CCNC(=O)c1cc(Br)cc(OCC(F)(F)F)c1. The molecule has 1 aromatic rings. The Bertz CT molecular complexity index is 435. The summed E-state index contributed by atoms with van der Waals surface area (Å²) in [5, 5.41) is 2.55. The first-order valence-electron chi connectivity index (χ1n) is 5.10. The molecule has 0 aliphatic rings. The third-order valence-electron chi connectivity index (χ3n) is 1.87. The van der Waals surface area contributed by atoms with Gasteiger partial charge in [0.25, 0.3) is 5.91 Å². The van der Waals surface area contributed by atoms with Crippen LogP contribution in [0.15, 0.2) is 22.7 Å². The van der Waals surface area contributed by atoms with E-state index in [-0.39, 0.29) is 17.2 Å². The molecule has 1 aromatic carbocycles. The van der Waals surface area contributed by atoms with Crippen LogP contribution in [-0.2, 0) is 0 Å². The molecule has 0 bridgehead atoms. The zero-order chi connectivity index (χ0) is 13.8. The summed E-state index contributed by atoms with van der Waals surface area (Å²) in [4.78, 5) is 11.5. The molecule has 3 nitrogen and oxygen atoms in total. The van der Waals surface area contributed by atoms with Crippen molar-refractivity contribution in [3.63, 3.8) is 0 Å². The van der Waals surface area contributed by atoms with E-state index in [1.807, 2.05) is 0 Å². The molecule has 0 aliphatic heterocycles. The van der Waals surface area contributed by atoms with Crippen molar-refractivity contribution in [3.8, 4) is 5.75 Å². The fourth-order valence-electron chi connectivity index (χ4n) is 1.20. The second kappa shape index (κ2) is 6.08. The number of amides is 1. The average molecular weight is 326 g/mol. The first-order valence-corrected chi connectivity index (χ1v) is 5.89. The molecule has 0 saturated heterocycles. The van der Waals surface area contributed by atoms with Gasteiger partial charge in [-0.05, 0) is 25.1 Å². The standard InChI is InChI=1S/C11H11BrF3NO2/c1-2-16-10(17)7-3-8(12)5-9(4-7)18-6-11(13,14)15/h3-5H,2,6H2,1H3,(H,16,17). The van der Waals surface area contributed by atoms with Crippen LogP contribution in [0.4, 0.5) is 13.2 Å². The van der Waals surface area contributed by atoms with Gasteiger partial charge < -0.3 is 10.1 Å². The van der Waals surface area contributed by atoms with Crippen molar-refractivity contribution in [1.82, 2.24) is 5.32 Å². The molecule has 0 aromatic heterocycles. The van der Waals surface area contributed by atoms with Crippen LogP contribution in [-0.4, -0.2) is 25.2 Å². The summed E-state index contributed by atoms with van der Waals surface area (Å²) in [5.41, 5.74) is 0.239. The third kappa shape index (κ3) is 4.95. The molecule has 100 valence electrons. The highest BCUT2D eigenvalue weighted by atomic mass is 79.9. The van der Waals surface area contributed by atoms with Crippen molar-refractivity contribution in [2.24, 2.45) is 0 Å². The lowest BCUT2D eigenvalue weighted by molar-refractivity contribution is -0.153. The first-order chi connectivity index (χ1) is 8.31. The Balaban J connectivity index is 2.84. The van der Waals surface area contributed by atoms with E-state index in [0.29, 0.717) is 11.0 Å². The normalized spacial score (nSPS) is 11.2. The molecule has 0 heterocycles. The lowest BCUT2D eigenvalue weighted by Crippen LogP contribution is -2.23. The number of alkyl halides is 3. The van der Waals surface area contributed by atoms with Crippen molar-refractivity contribution in [3.05, 3.63) is 28.2 Å². The van der Waals surface area contributed by atoms with Gasteiger partial charge in [-0.25, -0.2) is 0 Å². The molecular weight excluding hydrogens is 315 g/mol. The van der Waals surface area contributed by atoms with Gasteiger partial charge in [0.2, 0.25) is 0 Å². The number of nitrogens with one attached hydrogen (secondary N) is 1. The number of halogens is 4. The molecule has 7 heteroatoms. The molecule has 0 aliphatic carbocycles. The van der Waals surface area contributed by atoms with Crippen molar-refractivity contribution in [2.45, 2.75) is 13.1 Å².